The van der Waals surface area contributed by atoms with Gasteiger partial charge in [-0.15, -0.1) is 0 Å². The molecule has 0 fully saturated rings. The molecule has 0 spiro atoms. The van der Waals surface area contributed by atoms with E-state index in [9.17, 15) is 4.79 Å². The molecule has 0 heterocycles. The van der Waals surface area contributed by atoms with Crippen molar-refractivity contribution in [2.24, 2.45) is 5.73 Å². The summed E-state index contributed by atoms with van der Waals surface area (Å²) < 4.78 is 0. The third-order valence-electron chi connectivity index (χ3n) is 3.23. The number of rotatable bonds is 6. The number of anilines is 1. The summed E-state index contributed by atoms with van der Waals surface area (Å²) in [6.07, 6.45) is 2.70. The second-order valence-electron chi connectivity index (χ2n) is 4.82. The molecule has 0 aliphatic rings. The number of thioether (sulfide) groups is 1. The van der Waals surface area contributed by atoms with Crippen LogP contribution in [0.5, 0.6) is 0 Å². The zero-order valence-electron chi connectivity index (χ0n) is 12.1. The van der Waals surface area contributed by atoms with Gasteiger partial charge in [0.2, 0.25) is 5.91 Å². The summed E-state index contributed by atoms with van der Waals surface area (Å²) in [6, 6.07) is 17.5. The van der Waals surface area contributed by atoms with Gasteiger partial charge in [0.05, 0.1) is 6.04 Å². The van der Waals surface area contributed by atoms with Gasteiger partial charge in [-0.25, -0.2) is 0 Å². The van der Waals surface area contributed by atoms with Gasteiger partial charge < -0.3 is 11.1 Å². The van der Waals surface area contributed by atoms with E-state index in [0.29, 0.717) is 6.42 Å². The number of benzene rings is 2. The number of carbonyl (C=O) groups is 1. The van der Waals surface area contributed by atoms with Gasteiger partial charge in [-0.3, -0.25) is 4.79 Å². The number of hydrogen-bond donors (Lipinski definition) is 2. The fraction of sp³-hybridized carbons (Fsp3) is 0.235. The van der Waals surface area contributed by atoms with E-state index in [-0.39, 0.29) is 5.91 Å². The van der Waals surface area contributed by atoms with E-state index >= 15 is 0 Å². The Morgan fingerprint density at radius 2 is 1.71 bits per heavy atom. The molecule has 0 aliphatic carbocycles. The molecule has 0 aliphatic heterocycles. The monoisotopic (exact) mass is 300 g/mol. The molecule has 21 heavy (non-hydrogen) atoms. The third kappa shape index (κ3) is 4.62. The summed E-state index contributed by atoms with van der Waals surface area (Å²) in [5.41, 5.74) is 8.91. The van der Waals surface area contributed by atoms with Crippen LogP contribution >= 0.6 is 11.8 Å². The highest BCUT2D eigenvalue weighted by Gasteiger charge is 2.12. The maximum atomic E-state index is 11.9. The Morgan fingerprint density at radius 3 is 2.33 bits per heavy atom. The van der Waals surface area contributed by atoms with Gasteiger partial charge in [0.25, 0.3) is 0 Å². The normalized spacial score (nSPS) is 11.9. The van der Waals surface area contributed by atoms with Crippen LogP contribution in [0.25, 0.3) is 11.1 Å². The maximum absolute atomic E-state index is 11.9. The van der Waals surface area contributed by atoms with E-state index in [4.69, 9.17) is 5.73 Å². The minimum absolute atomic E-state index is 0.128. The van der Waals surface area contributed by atoms with Crippen LogP contribution in [-0.4, -0.2) is 24.0 Å². The van der Waals surface area contributed by atoms with Crippen molar-refractivity contribution in [2.45, 2.75) is 12.5 Å². The third-order valence-corrected chi connectivity index (χ3v) is 3.87. The number of hydrogen-bond acceptors (Lipinski definition) is 3. The summed E-state index contributed by atoms with van der Waals surface area (Å²) in [5.74, 6) is 0.762. The van der Waals surface area contributed by atoms with Gasteiger partial charge in [0.15, 0.2) is 0 Å². The molecular formula is C17H20N2OS. The number of nitrogens with one attached hydrogen (secondary N) is 1. The molecule has 2 aromatic carbocycles. The molecule has 3 nitrogen and oxygen atoms in total. The summed E-state index contributed by atoms with van der Waals surface area (Å²) in [7, 11) is 0. The Hall–Kier alpha value is -1.78. The average molecular weight is 300 g/mol. The fourth-order valence-electron chi connectivity index (χ4n) is 1.99. The first kappa shape index (κ1) is 15.6. The number of carbonyl (C=O) groups excluding carboxylic acids is 1. The zero-order valence-corrected chi connectivity index (χ0v) is 12.9. The van der Waals surface area contributed by atoms with E-state index in [1.807, 2.05) is 48.7 Å². The standard InChI is InChI=1S/C17H20N2OS/c1-21-12-11-16(18)17(20)19-15-9-7-14(8-10-15)13-5-3-2-4-6-13/h2-10,16H,11-12,18H2,1H3,(H,19,20)/t16-/m1/s1. The van der Waals surface area contributed by atoms with Gasteiger partial charge in [0, 0.05) is 5.69 Å². The predicted molar refractivity (Wildman–Crippen MR) is 91.5 cm³/mol. The lowest BCUT2D eigenvalue weighted by Crippen LogP contribution is -2.36. The van der Waals surface area contributed by atoms with Crippen molar-refractivity contribution >= 4 is 23.4 Å². The zero-order chi connectivity index (χ0) is 15.1. The highest BCUT2D eigenvalue weighted by atomic mass is 32.2. The van der Waals surface area contributed by atoms with Crippen LogP contribution in [0, 0.1) is 0 Å². The molecule has 0 radical (unpaired) electrons. The van der Waals surface area contributed by atoms with Crippen molar-refractivity contribution < 1.29 is 4.79 Å². The SMILES string of the molecule is CSCC[C@@H](N)C(=O)Nc1ccc(-c2ccccc2)cc1. The van der Waals surface area contributed by atoms with Crippen LogP contribution in [0.4, 0.5) is 5.69 Å². The molecule has 4 heteroatoms. The van der Waals surface area contributed by atoms with Crippen LogP contribution in [0.2, 0.25) is 0 Å². The Balaban J connectivity index is 1.98. The van der Waals surface area contributed by atoms with Crippen LogP contribution in [0.15, 0.2) is 54.6 Å². The van der Waals surface area contributed by atoms with Crippen molar-refractivity contribution in [3.05, 3.63) is 54.6 Å². The van der Waals surface area contributed by atoms with E-state index in [1.54, 1.807) is 11.8 Å². The second kappa shape index (κ2) is 7.86. The smallest absolute Gasteiger partial charge is 0.241 e. The molecule has 1 amide bonds. The largest absolute Gasteiger partial charge is 0.325 e. The van der Waals surface area contributed by atoms with Crippen LogP contribution in [0.3, 0.4) is 0 Å². The Labute approximate surface area is 129 Å². The molecule has 2 aromatic rings. The van der Waals surface area contributed by atoms with Gasteiger partial charge in [-0.05, 0) is 41.7 Å². The van der Waals surface area contributed by atoms with Crippen LogP contribution < -0.4 is 11.1 Å². The summed E-state index contributed by atoms with van der Waals surface area (Å²) in [4.78, 5) is 11.9. The molecule has 0 saturated heterocycles. The molecule has 0 saturated carbocycles. The van der Waals surface area contributed by atoms with Crippen molar-refractivity contribution in [2.75, 3.05) is 17.3 Å². The topological polar surface area (TPSA) is 55.1 Å². The molecule has 0 bridgehead atoms. The van der Waals surface area contributed by atoms with Crippen molar-refractivity contribution in [1.82, 2.24) is 0 Å². The minimum atomic E-state index is -0.453. The van der Waals surface area contributed by atoms with E-state index < -0.39 is 6.04 Å². The second-order valence-corrected chi connectivity index (χ2v) is 5.81. The van der Waals surface area contributed by atoms with E-state index in [2.05, 4.69) is 17.4 Å². The van der Waals surface area contributed by atoms with Crippen LogP contribution in [-0.2, 0) is 4.79 Å². The summed E-state index contributed by atoms with van der Waals surface area (Å²) in [6.45, 7) is 0. The summed E-state index contributed by atoms with van der Waals surface area (Å²) in [5, 5.41) is 2.86. The van der Waals surface area contributed by atoms with Crippen molar-refractivity contribution in [3.8, 4) is 11.1 Å². The van der Waals surface area contributed by atoms with E-state index in [1.165, 1.54) is 0 Å². The number of amides is 1. The lowest BCUT2D eigenvalue weighted by Gasteiger charge is -2.12. The molecular weight excluding hydrogens is 280 g/mol. The highest BCUT2D eigenvalue weighted by Crippen LogP contribution is 2.21. The Bertz CT molecular complexity index is 569. The molecule has 0 aromatic heterocycles. The quantitative estimate of drug-likeness (QED) is 0.860. The Kier molecular flexibility index (Phi) is 5.84. The van der Waals surface area contributed by atoms with Crippen LogP contribution in [0.1, 0.15) is 6.42 Å². The lowest BCUT2D eigenvalue weighted by atomic mass is 10.1. The molecule has 110 valence electrons. The molecule has 1 atom stereocenters. The van der Waals surface area contributed by atoms with Crippen molar-refractivity contribution in [3.63, 3.8) is 0 Å². The van der Waals surface area contributed by atoms with Crippen molar-refractivity contribution in [1.29, 1.82) is 0 Å². The average Bonchev–Trinajstić information content (AvgIpc) is 2.54. The minimum Gasteiger partial charge on any atom is -0.325 e. The first-order chi connectivity index (χ1) is 10.2. The van der Waals surface area contributed by atoms with Gasteiger partial charge >= 0.3 is 0 Å². The van der Waals surface area contributed by atoms with Gasteiger partial charge in [0.1, 0.15) is 0 Å². The van der Waals surface area contributed by atoms with E-state index in [0.717, 1.165) is 22.6 Å². The maximum Gasteiger partial charge on any atom is 0.241 e. The first-order valence-electron chi connectivity index (χ1n) is 6.91. The summed E-state index contributed by atoms with van der Waals surface area (Å²) >= 11 is 1.69. The fourth-order valence-corrected chi connectivity index (χ4v) is 2.48. The van der Waals surface area contributed by atoms with Gasteiger partial charge in [-0.2, -0.15) is 11.8 Å². The first-order valence-corrected chi connectivity index (χ1v) is 8.31. The Morgan fingerprint density at radius 1 is 1.10 bits per heavy atom. The van der Waals surface area contributed by atoms with Gasteiger partial charge in [-0.1, -0.05) is 42.5 Å². The molecule has 2 rings (SSSR count). The lowest BCUT2D eigenvalue weighted by molar-refractivity contribution is -0.117. The molecule has 3 N–H and O–H groups in total. The number of nitrogens with two attached hydrogens (primary N) is 1. The molecule has 0 unspecified atom stereocenters. The predicted octanol–water partition coefficient (Wildman–Crippen LogP) is 3.37. The highest BCUT2D eigenvalue weighted by molar-refractivity contribution is 7.98.